The predicted octanol–water partition coefficient (Wildman–Crippen LogP) is 3.73. The highest BCUT2D eigenvalue weighted by Crippen LogP contribution is 2.26. The summed E-state index contributed by atoms with van der Waals surface area (Å²) in [5.74, 6) is -0.899. The van der Waals surface area contributed by atoms with Crippen LogP contribution < -0.4 is 11.1 Å². The molecule has 0 atom stereocenters. The fourth-order valence-electron chi connectivity index (χ4n) is 1.75. The average molecular weight is 323 g/mol. The van der Waals surface area contributed by atoms with Crippen molar-refractivity contribution in [1.82, 2.24) is 0 Å². The Morgan fingerprint density at radius 1 is 1.32 bits per heavy atom. The molecular formula is C14H12BrFN2O. The summed E-state index contributed by atoms with van der Waals surface area (Å²) in [7, 11) is 0. The Labute approximate surface area is 118 Å². The number of amides is 1. The lowest BCUT2D eigenvalue weighted by Gasteiger charge is -2.09. The Morgan fingerprint density at radius 3 is 2.68 bits per heavy atom. The van der Waals surface area contributed by atoms with Crippen LogP contribution in [0.3, 0.4) is 0 Å². The van der Waals surface area contributed by atoms with Gasteiger partial charge >= 0.3 is 0 Å². The number of nitrogen functional groups attached to an aromatic ring is 1. The van der Waals surface area contributed by atoms with Crippen LogP contribution in [0.5, 0.6) is 0 Å². The van der Waals surface area contributed by atoms with Crippen molar-refractivity contribution in [2.75, 3.05) is 11.1 Å². The van der Waals surface area contributed by atoms with E-state index in [1.807, 2.05) is 6.92 Å². The number of para-hydroxylation sites is 1. The molecule has 3 nitrogen and oxygen atoms in total. The predicted molar refractivity (Wildman–Crippen MR) is 77.6 cm³/mol. The fourth-order valence-corrected chi connectivity index (χ4v) is 2.19. The highest BCUT2D eigenvalue weighted by Gasteiger charge is 2.12. The Kier molecular flexibility index (Phi) is 3.85. The molecule has 0 saturated heterocycles. The van der Waals surface area contributed by atoms with Gasteiger partial charge in [0.1, 0.15) is 5.82 Å². The Balaban J connectivity index is 2.31. The molecule has 0 aromatic heterocycles. The number of hydrogen-bond acceptors (Lipinski definition) is 2. The first kappa shape index (κ1) is 13.5. The van der Waals surface area contributed by atoms with Gasteiger partial charge < -0.3 is 11.1 Å². The molecule has 19 heavy (non-hydrogen) atoms. The van der Waals surface area contributed by atoms with Gasteiger partial charge in [0.2, 0.25) is 0 Å². The lowest BCUT2D eigenvalue weighted by atomic mass is 10.1. The van der Waals surface area contributed by atoms with Crippen LogP contribution >= 0.6 is 15.9 Å². The van der Waals surface area contributed by atoms with E-state index in [1.54, 1.807) is 30.3 Å². The van der Waals surface area contributed by atoms with E-state index in [2.05, 4.69) is 21.2 Å². The first-order valence-corrected chi connectivity index (χ1v) is 6.39. The monoisotopic (exact) mass is 322 g/mol. The van der Waals surface area contributed by atoms with E-state index >= 15 is 0 Å². The maximum atomic E-state index is 13.6. The van der Waals surface area contributed by atoms with E-state index in [0.717, 1.165) is 5.56 Å². The molecule has 0 heterocycles. The third kappa shape index (κ3) is 3.12. The third-order valence-electron chi connectivity index (χ3n) is 2.56. The second kappa shape index (κ2) is 5.40. The molecule has 2 aromatic rings. The van der Waals surface area contributed by atoms with Crippen molar-refractivity contribution < 1.29 is 9.18 Å². The van der Waals surface area contributed by atoms with Crippen LogP contribution in [-0.2, 0) is 0 Å². The SMILES string of the molecule is Cc1cc(N)cc(C(=O)Nc2c(F)cccc2Br)c1. The van der Waals surface area contributed by atoms with Crippen molar-refractivity contribution in [1.29, 1.82) is 0 Å². The summed E-state index contributed by atoms with van der Waals surface area (Å²) in [6.07, 6.45) is 0. The molecule has 0 fully saturated rings. The van der Waals surface area contributed by atoms with Gasteiger partial charge in [-0.25, -0.2) is 4.39 Å². The van der Waals surface area contributed by atoms with Crippen LogP contribution in [0.25, 0.3) is 0 Å². The molecular weight excluding hydrogens is 311 g/mol. The number of benzene rings is 2. The maximum Gasteiger partial charge on any atom is 0.255 e. The minimum atomic E-state index is -0.497. The van der Waals surface area contributed by atoms with Crippen LogP contribution in [0.15, 0.2) is 40.9 Å². The van der Waals surface area contributed by atoms with Gasteiger partial charge in [-0.15, -0.1) is 0 Å². The minimum Gasteiger partial charge on any atom is -0.399 e. The van der Waals surface area contributed by atoms with Crippen molar-refractivity contribution >= 4 is 33.2 Å². The van der Waals surface area contributed by atoms with Gasteiger partial charge in [-0.2, -0.15) is 0 Å². The van der Waals surface area contributed by atoms with Gasteiger partial charge in [0.25, 0.3) is 5.91 Å². The van der Waals surface area contributed by atoms with Crippen molar-refractivity contribution in [2.45, 2.75) is 6.92 Å². The molecule has 3 N–H and O–H groups in total. The van der Waals surface area contributed by atoms with E-state index in [1.165, 1.54) is 6.07 Å². The number of nitrogens with two attached hydrogens (primary N) is 1. The second-order valence-electron chi connectivity index (χ2n) is 4.18. The molecule has 98 valence electrons. The normalized spacial score (nSPS) is 10.3. The summed E-state index contributed by atoms with van der Waals surface area (Å²) in [5.41, 5.74) is 7.57. The number of carbonyl (C=O) groups excluding carboxylic acids is 1. The smallest absolute Gasteiger partial charge is 0.255 e. The van der Waals surface area contributed by atoms with Crippen molar-refractivity contribution in [3.05, 3.63) is 57.8 Å². The Morgan fingerprint density at radius 2 is 2.05 bits per heavy atom. The van der Waals surface area contributed by atoms with Crippen LogP contribution in [-0.4, -0.2) is 5.91 Å². The van der Waals surface area contributed by atoms with Gasteiger partial charge in [0, 0.05) is 15.7 Å². The van der Waals surface area contributed by atoms with Gasteiger partial charge in [-0.05, 0) is 58.7 Å². The highest BCUT2D eigenvalue weighted by molar-refractivity contribution is 9.10. The number of anilines is 2. The first-order chi connectivity index (χ1) is 8.97. The molecule has 5 heteroatoms. The van der Waals surface area contributed by atoms with E-state index < -0.39 is 11.7 Å². The summed E-state index contributed by atoms with van der Waals surface area (Å²) >= 11 is 3.20. The van der Waals surface area contributed by atoms with Crippen molar-refractivity contribution in [3.8, 4) is 0 Å². The summed E-state index contributed by atoms with van der Waals surface area (Å²) in [4.78, 5) is 12.1. The molecule has 0 aliphatic rings. The maximum absolute atomic E-state index is 13.6. The summed E-state index contributed by atoms with van der Waals surface area (Å²) in [5, 5.41) is 2.53. The Bertz CT molecular complexity index is 603. The zero-order valence-electron chi connectivity index (χ0n) is 10.2. The molecule has 0 bridgehead atoms. The molecule has 0 unspecified atom stereocenters. The van der Waals surface area contributed by atoms with Gasteiger partial charge in [0.15, 0.2) is 0 Å². The second-order valence-corrected chi connectivity index (χ2v) is 5.04. The Hall–Kier alpha value is -1.88. The highest BCUT2D eigenvalue weighted by atomic mass is 79.9. The average Bonchev–Trinajstić information content (AvgIpc) is 2.32. The largest absolute Gasteiger partial charge is 0.399 e. The van der Waals surface area contributed by atoms with E-state index in [0.29, 0.717) is 15.7 Å². The van der Waals surface area contributed by atoms with Crippen LogP contribution in [0.1, 0.15) is 15.9 Å². The molecule has 1 amide bonds. The van der Waals surface area contributed by atoms with Crippen LogP contribution in [0, 0.1) is 12.7 Å². The molecule has 0 radical (unpaired) electrons. The van der Waals surface area contributed by atoms with E-state index in [9.17, 15) is 9.18 Å². The van der Waals surface area contributed by atoms with E-state index in [4.69, 9.17) is 5.73 Å². The zero-order chi connectivity index (χ0) is 14.0. The quantitative estimate of drug-likeness (QED) is 0.828. The summed E-state index contributed by atoms with van der Waals surface area (Å²) in [6, 6.07) is 9.50. The molecule has 0 spiro atoms. The van der Waals surface area contributed by atoms with Crippen molar-refractivity contribution in [2.24, 2.45) is 0 Å². The summed E-state index contributed by atoms with van der Waals surface area (Å²) < 4.78 is 14.1. The van der Waals surface area contributed by atoms with Crippen molar-refractivity contribution in [3.63, 3.8) is 0 Å². The number of nitrogens with one attached hydrogen (secondary N) is 1. The number of carbonyl (C=O) groups is 1. The zero-order valence-corrected chi connectivity index (χ0v) is 11.8. The van der Waals surface area contributed by atoms with Crippen LogP contribution in [0.4, 0.5) is 15.8 Å². The lowest BCUT2D eigenvalue weighted by Crippen LogP contribution is -2.14. The minimum absolute atomic E-state index is 0.118. The molecule has 2 aromatic carbocycles. The lowest BCUT2D eigenvalue weighted by molar-refractivity contribution is 0.102. The van der Waals surface area contributed by atoms with E-state index in [-0.39, 0.29) is 5.69 Å². The third-order valence-corrected chi connectivity index (χ3v) is 3.22. The van der Waals surface area contributed by atoms with Gasteiger partial charge in [-0.3, -0.25) is 4.79 Å². The molecule has 0 aliphatic carbocycles. The molecule has 2 rings (SSSR count). The molecule has 0 aliphatic heterocycles. The number of hydrogen-bond donors (Lipinski definition) is 2. The number of halogens is 2. The standard InChI is InChI=1S/C14H12BrFN2O/c1-8-5-9(7-10(17)6-8)14(19)18-13-11(15)3-2-4-12(13)16/h2-7H,17H2,1H3,(H,18,19). The fraction of sp³-hybridized carbons (Fsp3) is 0.0714. The van der Waals surface area contributed by atoms with Gasteiger partial charge in [-0.1, -0.05) is 6.07 Å². The summed E-state index contributed by atoms with van der Waals surface area (Å²) in [6.45, 7) is 1.84. The van der Waals surface area contributed by atoms with Gasteiger partial charge in [0.05, 0.1) is 5.69 Å². The number of aryl methyl sites for hydroxylation is 1. The molecule has 0 saturated carbocycles. The van der Waals surface area contributed by atoms with Crippen LogP contribution in [0.2, 0.25) is 0 Å². The number of rotatable bonds is 2. The first-order valence-electron chi connectivity index (χ1n) is 5.60. The topological polar surface area (TPSA) is 55.1 Å².